The summed E-state index contributed by atoms with van der Waals surface area (Å²) in [5.74, 6) is 0.353. The van der Waals surface area contributed by atoms with Crippen molar-refractivity contribution in [2.24, 2.45) is 0 Å². The van der Waals surface area contributed by atoms with E-state index in [1.807, 2.05) is 7.05 Å². The van der Waals surface area contributed by atoms with Crippen molar-refractivity contribution in [2.75, 3.05) is 25.6 Å². The molecule has 0 saturated carbocycles. The monoisotopic (exact) mass is 255 g/mol. The third-order valence-corrected chi connectivity index (χ3v) is 3.47. The van der Waals surface area contributed by atoms with Gasteiger partial charge < -0.3 is 4.90 Å². The summed E-state index contributed by atoms with van der Waals surface area (Å²) in [5.41, 5.74) is 1.26. The maximum Gasteiger partial charge on any atom is 0.232 e. The lowest BCUT2D eigenvalue weighted by atomic mass is 10.1. The number of thioether (sulfide) groups is 1. The molecule has 0 spiro atoms. The van der Waals surface area contributed by atoms with Crippen LogP contribution in [0.4, 0.5) is 0 Å². The fourth-order valence-electron chi connectivity index (χ4n) is 1.33. The van der Waals surface area contributed by atoms with Gasteiger partial charge >= 0.3 is 0 Å². The van der Waals surface area contributed by atoms with Crippen LogP contribution in [-0.2, 0) is 11.2 Å². The molecule has 0 N–H and O–H groups in total. The molecule has 88 valence electrons. The number of rotatable bonds is 5. The van der Waals surface area contributed by atoms with Crippen molar-refractivity contribution in [2.45, 2.75) is 11.3 Å². The Morgan fingerprint density at radius 2 is 2.00 bits per heavy atom. The summed E-state index contributed by atoms with van der Waals surface area (Å²) >= 11 is 5.70. The highest BCUT2D eigenvalue weighted by molar-refractivity contribution is 7.98. The zero-order valence-corrected chi connectivity index (χ0v) is 11.4. The predicted octanol–water partition coefficient (Wildman–Crippen LogP) is 2.34. The second-order valence-electron chi connectivity index (χ2n) is 3.57. The molecule has 1 aromatic rings. The molecule has 2 nitrogen and oxygen atoms in total. The minimum absolute atomic E-state index is 0.0732. The van der Waals surface area contributed by atoms with E-state index in [9.17, 15) is 4.79 Å². The molecule has 1 rings (SSSR count). The summed E-state index contributed by atoms with van der Waals surface area (Å²) in [5, 5.41) is 0. The normalized spacial score (nSPS) is 10.2. The molecule has 1 aromatic carbocycles. The smallest absolute Gasteiger partial charge is 0.232 e. The van der Waals surface area contributed by atoms with Crippen LogP contribution in [0.1, 0.15) is 5.56 Å². The minimum atomic E-state index is 0.0732. The number of benzene rings is 1. The molecule has 0 bridgehead atoms. The molecule has 0 saturated heterocycles. The maximum absolute atomic E-state index is 11.3. The Bertz CT molecular complexity index is 337. The largest absolute Gasteiger partial charge is 0.345 e. The Morgan fingerprint density at radius 1 is 1.38 bits per heavy atom. The number of hydrogen-bond donors (Lipinski definition) is 1. The first-order valence-electron chi connectivity index (χ1n) is 5.15. The summed E-state index contributed by atoms with van der Waals surface area (Å²) in [6.07, 6.45) is 2.96. The molecule has 0 unspecified atom stereocenters. The van der Waals surface area contributed by atoms with E-state index in [2.05, 4.69) is 43.2 Å². The van der Waals surface area contributed by atoms with E-state index in [1.165, 1.54) is 10.5 Å². The highest BCUT2D eigenvalue weighted by Gasteiger charge is 2.05. The molecular formula is C12H17NOS2. The van der Waals surface area contributed by atoms with Gasteiger partial charge in [0.2, 0.25) is 5.91 Å². The fourth-order valence-corrected chi connectivity index (χ4v) is 1.98. The van der Waals surface area contributed by atoms with E-state index >= 15 is 0 Å². The van der Waals surface area contributed by atoms with Crippen LogP contribution in [0, 0.1) is 0 Å². The van der Waals surface area contributed by atoms with Crippen LogP contribution >= 0.6 is 24.4 Å². The molecule has 4 heteroatoms. The second-order valence-corrected chi connectivity index (χ2v) is 4.77. The van der Waals surface area contributed by atoms with Crippen LogP contribution in [0.3, 0.4) is 0 Å². The van der Waals surface area contributed by atoms with Gasteiger partial charge in [-0.2, -0.15) is 12.6 Å². The van der Waals surface area contributed by atoms with Crippen molar-refractivity contribution in [1.29, 1.82) is 0 Å². The van der Waals surface area contributed by atoms with Crippen LogP contribution < -0.4 is 0 Å². The van der Waals surface area contributed by atoms with E-state index in [1.54, 1.807) is 16.7 Å². The molecule has 0 heterocycles. The number of amides is 1. The summed E-state index contributed by atoms with van der Waals surface area (Å²) < 4.78 is 0. The van der Waals surface area contributed by atoms with Crippen molar-refractivity contribution < 1.29 is 4.79 Å². The molecule has 16 heavy (non-hydrogen) atoms. The average molecular weight is 255 g/mol. The van der Waals surface area contributed by atoms with Crippen LogP contribution in [0.5, 0.6) is 0 Å². The van der Waals surface area contributed by atoms with E-state index in [0.717, 1.165) is 13.0 Å². The predicted molar refractivity (Wildman–Crippen MR) is 73.4 cm³/mol. The van der Waals surface area contributed by atoms with E-state index in [-0.39, 0.29) is 11.7 Å². The van der Waals surface area contributed by atoms with Crippen molar-refractivity contribution in [3.05, 3.63) is 29.8 Å². The zero-order chi connectivity index (χ0) is 12.0. The Labute approximate surface area is 107 Å². The molecule has 1 amide bonds. The van der Waals surface area contributed by atoms with E-state index in [0.29, 0.717) is 0 Å². The number of carbonyl (C=O) groups is 1. The third-order valence-electron chi connectivity index (χ3n) is 2.46. The van der Waals surface area contributed by atoms with Crippen LogP contribution in [-0.4, -0.2) is 36.4 Å². The quantitative estimate of drug-likeness (QED) is 0.644. The van der Waals surface area contributed by atoms with Gasteiger partial charge in [0.1, 0.15) is 0 Å². The summed E-state index contributed by atoms with van der Waals surface area (Å²) in [6, 6.07) is 8.45. The number of thiol groups is 1. The maximum atomic E-state index is 11.3. The second kappa shape index (κ2) is 6.86. The Kier molecular flexibility index (Phi) is 5.77. The fraction of sp³-hybridized carbons (Fsp3) is 0.417. The van der Waals surface area contributed by atoms with Crippen molar-refractivity contribution in [3.8, 4) is 0 Å². The van der Waals surface area contributed by atoms with E-state index < -0.39 is 0 Å². The van der Waals surface area contributed by atoms with Crippen LogP contribution in [0.2, 0.25) is 0 Å². The average Bonchev–Trinajstić information content (AvgIpc) is 2.35. The number of hydrogen-bond acceptors (Lipinski definition) is 3. The highest BCUT2D eigenvalue weighted by Crippen LogP contribution is 2.15. The molecule has 0 aliphatic carbocycles. The van der Waals surface area contributed by atoms with E-state index in [4.69, 9.17) is 0 Å². The lowest BCUT2D eigenvalue weighted by Crippen LogP contribution is -2.29. The minimum Gasteiger partial charge on any atom is -0.345 e. The number of nitrogens with zero attached hydrogens (tertiary/aromatic N) is 1. The van der Waals surface area contributed by atoms with Crippen molar-refractivity contribution >= 4 is 30.3 Å². The van der Waals surface area contributed by atoms with Gasteiger partial charge in [-0.1, -0.05) is 12.1 Å². The Morgan fingerprint density at radius 3 is 2.50 bits per heavy atom. The first-order chi connectivity index (χ1) is 7.67. The molecule has 0 atom stereocenters. The topological polar surface area (TPSA) is 20.3 Å². The van der Waals surface area contributed by atoms with Gasteiger partial charge in [0.25, 0.3) is 0 Å². The first kappa shape index (κ1) is 13.5. The van der Waals surface area contributed by atoms with Gasteiger partial charge in [0, 0.05) is 18.5 Å². The van der Waals surface area contributed by atoms with Gasteiger partial charge in [-0.25, -0.2) is 0 Å². The zero-order valence-electron chi connectivity index (χ0n) is 9.64. The van der Waals surface area contributed by atoms with Crippen molar-refractivity contribution in [1.82, 2.24) is 4.90 Å². The molecule has 0 aliphatic rings. The van der Waals surface area contributed by atoms with Gasteiger partial charge in [0.05, 0.1) is 5.75 Å². The summed E-state index contributed by atoms with van der Waals surface area (Å²) in [6.45, 7) is 0.748. The Hall–Kier alpha value is -0.610. The third kappa shape index (κ3) is 4.10. The number of carbonyl (C=O) groups excluding carboxylic acids is 1. The molecule has 0 aliphatic heterocycles. The molecular weight excluding hydrogens is 238 g/mol. The molecule has 0 aromatic heterocycles. The molecule has 0 radical (unpaired) electrons. The lowest BCUT2D eigenvalue weighted by molar-refractivity contribution is -0.127. The van der Waals surface area contributed by atoms with Crippen molar-refractivity contribution in [3.63, 3.8) is 0 Å². The lowest BCUT2D eigenvalue weighted by Gasteiger charge is -2.15. The molecule has 0 fully saturated rings. The standard InChI is InChI=1S/C12H17NOS2/c1-13(12(14)9-15)8-7-10-3-5-11(16-2)6-4-10/h3-6,15H,7-9H2,1-2H3. The highest BCUT2D eigenvalue weighted by atomic mass is 32.2. The SMILES string of the molecule is CSc1ccc(CCN(C)C(=O)CS)cc1. The van der Waals surface area contributed by atoms with Gasteiger partial charge in [-0.05, 0) is 30.4 Å². The Balaban J connectivity index is 2.45. The summed E-state index contributed by atoms with van der Waals surface area (Å²) in [7, 11) is 1.81. The van der Waals surface area contributed by atoms with Crippen LogP contribution in [0.15, 0.2) is 29.2 Å². The van der Waals surface area contributed by atoms with Gasteiger partial charge in [-0.3, -0.25) is 4.79 Å². The van der Waals surface area contributed by atoms with Gasteiger partial charge in [0.15, 0.2) is 0 Å². The number of likely N-dealkylation sites (N-methyl/N-ethyl adjacent to an activating group) is 1. The van der Waals surface area contributed by atoms with Crippen LogP contribution in [0.25, 0.3) is 0 Å². The summed E-state index contributed by atoms with van der Waals surface area (Å²) in [4.78, 5) is 14.3. The van der Waals surface area contributed by atoms with Gasteiger partial charge in [-0.15, -0.1) is 11.8 Å². The first-order valence-corrected chi connectivity index (χ1v) is 7.01.